The molecule has 0 saturated carbocycles. The molecule has 0 aliphatic carbocycles. The van der Waals surface area contributed by atoms with E-state index in [-0.39, 0.29) is 18.4 Å². The SMILES string of the molecule is O=C1c2ccccc2C(=O)N1CCn1nncc1-c1ccccc1. The molecule has 3 aromatic rings. The molecule has 2 amide bonds. The number of hydrogen-bond acceptors (Lipinski definition) is 4. The Balaban J connectivity index is 1.55. The van der Waals surface area contributed by atoms with Crippen LogP contribution >= 0.6 is 0 Å². The summed E-state index contributed by atoms with van der Waals surface area (Å²) >= 11 is 0. The lowest BCUT2D eigenvalue weighted by atomic mass is 10.1. The molecule has 6 nitrogen and oxygen atoms in total. The molecule has 2 aromatic carbocycles. The van der Waals surface area contributed by atoms with E-state index in [0.29, 0.717) is 17.7 Å². The fraction of sp³-hybridized carbons (Fsp3) is 0.111. The van der Waals surface area contributed by atoms with E-state index in [0.717, 1.165) is 11.3 Å². The van der Waals surface area contributed by atoms with E-state index in [9.17, 15) is 9.59 Å². The largest absolute Gasteiger partial charge is 0.272 e. The van der Waals surface area contributed by atoms with Crippen LogP contribution in [0.1, 0.15) is 20.7 Å². The summed E-state index contributed by atoms with van der Waals surface area (Å²) in [7, 11) is 0. The molecule has 0 saturated heterocycles. The van der Waals surface area contributed by atoms with Gasteiger partial charge in [0.15, 0.2) is 0 Å². The number of benzene rings is 2. The van der Waals surface area contributed by atoms with E-state index in [4.69, 9.17) is 0 Å². The lowest BCUT2D eigenvalue weighted by Gasteiger charge is -2.14. The van der Waals surface area contributed by atoms with Crippen molar-refractivity contribution in [3.05, 3.63) is 71.9 Å². The number of rotatable bonds is 4. The van der Waals surface area contributed by atoms with Gasteiger partial charge in [0.1, 0.15) is 0 Å². The van der Waals surface area contributed by atoms with Gasteiger partial charge >= 0.3 is 0 Å². The van der Waals surface area contributed by atoms with Crippen LogP contribution in [0.3, 0.4) is 0 Å². The molecule has 2 heterocycles. The van der Waals surface area contributed by atoms with Gasteiger partial charge in [0.05, 0.1) is 29.6 Å². The fourth-order valence-electron chi connectivity index (χ4n) is 2.89. The minimum absolute atomic E-state index is 0.253. The first-order valence-corrected chi connectivity index (χ1v) is 7.65. The fourth-order valence-corrected chi connectivity index (χ4v) is 2.89. The van der Waals surface area contributed by atoms with E-state index < -0.39 is 0 Å². The first-order valence-electron chi connectivity index (χ1n) is 7.65. The summed E-state index contributed by atoms with van der Waals surface area (Å²) in [5.74, 6) is -0.506. The Bertz CT molecular complexity index is 883. The number of aromatic nitrogens is 3. The molecule has 0 atom stereocenters. The molecule has 1 aliphatic rings. The topological polar surface area (TPSA) is 68.1 Å². The van der Waals surface area contributed by atoms with Crippen LogP contribution in [-0.4, -0.2) is 38.3 Å². The van der Waals surface area contributed by atoms with Crippen molar-refractivity contribution in [3.63, 3.8) is 0 Å². The Morgan fingerprint density at radius 3 is 2.08 bits per heavy atom. The van der Waals surface area contributed by atoms with Crippen molar-refractivity contribution in [3.8, 4) is 11.3 Å². The van der Waals surface area contributed by atoms with Gasteiger partial charge in [-0.15, -0.1) is 5.10 Å². The summed E-state index contributed by atoms with van der Waals surface area (Å²) in [4.78, 5) is 26.0. The van der Waals surface area contributed by atoms with Crippen LogP contribution in [0.25, 0.3) is 11.3 Å². The van der Waals surface area contributed by atoms with Gasteiger partial charge in [0.2, 0.25) is 0 Å². The Morgan fingerprint density at radius 2 is 1.42 bits per heavy atom. The molecule has 0 spiro atoms. The molecule has 0 unspecified atom stereocenters. The van der Waals surface area contributed by atoms with Crippen LogP contribution in [0.4, 0.5) is 0 Å². The predicted molar refractivity (Wildman–Crippen MR) is 87.3 cm³/mol. The molecule has 0 bridgehead atoms. The number of hydrogen-bond donors (Lipinski definition) is 0. The van der Waals surface area contributed by atoms with Gasteiger partial charge in [-0.1, -0.05) is 47.7 Å². The van der Waals surface area contributed by atoms with Crippen LogP contribution in [0.2, 0.25) is 0 Å². The quantitative estimate of drug-likeness (QED) is 0.692. The lowest BCUT2D eigenvalue weighted by molar-refractivity contribution is 0.0647. The number of fused-ring (bicyclic) bond motifs is 1. The van der Waals surface area contributed by atoms with Crippen molar-refractivity contribution in [2.45, 2.75) is 6.54 Å². The third-order valence-electron chi connectivity index (χ3n) is 4.10. The Kier molecular flexibility index (Phi) is 3.42. The van der Waals surface area contributed by atoms with E-state index in [1.165, 1.54) is 4.90 Å². The van der Waals surface area contributed by atoms with E-state index in [1.54, 1.807) is 35.1 Å². The molecule has 6 heteroatoms. The van der Waals surface area contributed by atoms with Gasteiger partial charge in [0.25, 0.3) is 11.8 Å². The van der Waals surface area contributed by atoms with E-state index in [1.807, 2.05) is 30.3 Å². The molecule has 4 rings (SSSR count). The van der Waals surface area contributed by atoms with E-state index in [2.05, 4.69) is 10.3 Å². The Hall–Kier alpha value is -3.28. The smallest absolute Gasteiger partial charge is 0.261 e. The molecular weight excluding hydrogens is 304 g/mol. The van der Waals surface area contributed by atoms with Crippen LogP contribution in [0.15, 0.2) is 60.8 Å². The van der Waals surface area contributed by atoms with Crippen molar-refractivity contribution < 1.29 is 9.59 Å². The minimum atomic E-state index is -0.253. The second kappa shape index (κ2) is 5.73. The zero-order chi connectivity index (χ0) is 16.5. The third kappa shape index (κ3) is 2.28. The summed E-state index contributed by atoms with van der Waals surface area (Å²) in [5.41, 5.74) is 2.77. The van der Waals surface area contributed by atoms with E-state index >= 15 is 0 Å². The normalized spacial score (nSPS) is 13.4. The Labute approximate surface area is 138 Å². The maximum atomic E-state index is 12.4. The van der Waals surface area contributed by atoms with Crippen molar-refractivity contribution in [1.82, 2.24) is 19.9 Å². The number of carbonyl (C=O) groups excluding carboxylic acids is 2. The monoisotopic (exact) mass is 318 g/mol. The van der Waals surface area contributed by atoms with Gasteiger partial charge in [-0.2, -0.15) is 0 Å². The summed E-state index contributed by atoms with van der Waals surface area (Å²) in [6.07, 6.45) is 1.68. The van der Waals surface area contributed by atoms with Gasteiger partial charge in [-0.05, 0) is 12.1 Å². The average Bonchev–Trinajstić information content (AvgIpc) is 3.19. The van der Waals surface area contributed by atoms with Gasteiger partial charge in [-0.25, -0.2) is 4.68 Å². The van der Waals surface area contributed by atoms with Crippen LogP contribution in [0, 0.1) is 0 Å². The predicted octanol–water partition coefficient (Wildman–Crippen LogP) is 2.24. The number of imide groups is 1. The molecule has 0 fully saturated rings. The summed E-state index contributed by atoms with van der Waals surface area (Å²) in [5, 5.41) is 8.02. The van der Waals surface area contributed by atoms with Crippen LogP contribution in [-0.2, 0) is 6.54 Å². The summed E-state index contributed by atoms with van der Waals surface area (Å²) in [6, 6.07) is 16.6. The molecule has 24 heavy (non-hydrogen) atoms. The van der Waals surface area contributed by atoms with Crippen molar-refractivity contribution >= 4 is 11.8 Å². The maximum Gasteiger partial charge on any atom is 0.261 e. The third-order valence-corrected chi connectivity index (χ3v) is 4.10. The van der Waals surface area contributed by atoms with Crippen LogP contribution in [0.5, 0.6) is 0 Å². The second-order valence-electron chi connectivity index (χ2n) is 5.52. The highest BCUT2D eigenvalue weighted by Crippen LogP contribution is 2.23. The van der Waals surface area contributed by atoms with Gasteiger partial charge < -0.3 is 0 Å². The standard InChI is InChI=1S/C18H14N4O2/c23-17-14-8-4-5-9-15(14)18(24)21(17)10-11-22-16(12-19-20-22)13-6-2-1-3-7-13/h1-9,12H,10-11H2. The highest BCUT2D eigenvalue weighted by atomic mass is 16.2. The highest BCUT2D eigenvalue weighted by Gasteiger charge is 2.34. The average molecular weight is 318 g/mol. The molecule has 118 valence electrons. The number of amides is 2. The maximum absolute atomic E-state index is 12.4. The first-order chi connectivity index (χ1) is 11.8. The molecular formula is C18H14N4O2. The van der Waals surface area contributed by atoms with Gasteiger partial charge in [0, 0.05) is 12.1 Å². The number of nitrogens with zero attached hydrogens (tertiary/aromatic N) is 4. The highest BCUT2D eigenvalue weighted by molar-refractivity contribution is 6.21. The zero-order valence-corrected chi connectivity index (χ0v) is 12.8. The zero-order valence-electron chi connectivity index (χ0n) is 12.8. The molecule has 0 N–H and O–H groups in total. The first kappa shape index (κ1) is 14.3. The summed E-state index contributed by atoms with van der Waals surface area (Å²) in [6.45, 7) is 0.658. The molecule has 0 radical (unpaired) electrons. The lowest BCUT2D eigenvalue weighted by Crippen LogP contribution is -2.33. The van der Waals surface area contributed by atoms with Crippen LogP contribution < -0.4 is 0 Å². The molecule has 1 aromatic heterocycles. The minimum Gasteiger partial charge on any atom is -0.272 e. The second-order valence-corrected chi connectivity index (χ2v) is 5.52. The number of carbonyl (C=O) groups is 2. The van der Waals surface area contributed by atoms with Crippen molar-refractivity contribution in [2.24, 2.45) is 0 Å². The Morgan fingerprint density at radius 1 is 0.792 bits per heavy atom. The van der Waals surface area contributed by atoms with Crippen molar-refractivity contribution in [2.75, 3.05) is 6.54 Å². The molecule has 1 aliphatic heterocycles. The van der Waals surface area contributed by atoms with Crippen molar-refractivity contribution in [1.29, 1.82) is 0 Å². The summed E-state index contributed by atoms with van der Waals surface area (Å²) < 4.78 is 1.71. The van der Waals surface area contributed by atoms with Gasteiger partial charge in [-0.3, -0.25) is 14.5 Å².